The van der Waals surface area contributed by atoms with E-state index in [0.717, 1.165) is 12.3 Å². The van der Waals surface area contributed by atoms with Gasteiger partial charge in [-0.2, -0.15) is 27.2 Å². The molecule has 0 aliphatic rings. The van der Waals surface area contributed by atoms with Crippen LogP contribution >= 0.6 is 0 Å². The van der Waals surface area contributed by atoms with E-state index in [1.54, 1.807) is 0 Å². The van der Waals surface area contributed by atoms with Crippen LogP contribution in [0.15, 0.2) is 0 Å². The molecular weight excluding hydrogens is 542 g/mol. The fourth-order valence-corrected chi connectivity index (χ4v) is 0. The molecule has 0 heterocycles. The van der Waals surface area contributed by atoms with E-state index < -0.39 is 0 Å². The Morgan fingerprint density at radius 1 is 1.17 bits per heavy atom. The minimum absolute atomic E-state index is 0. The van der Waals surface area contributed by atoms with Crippen molar-refractivity contribution in [3.8, 4) is 0 Å². The van der Waals surface area contributed by atoms with Gasteiger partial charge in [-0.05, 0) is 0 Å². The molecule has 2 heteroatoms. The topological polar surface area (TPSA) is 0 Å². The first-order valence-electron chi connectivity index (χ1n) is 3.56. The summed E-state index contributed by atoms with van der Waals surface area (Å²) in [6.45, 7) is 14.3. The quantitative estimate of drug-likeness (QED) is 0.423. The summed E-state index contributed by atoms with van der Waals surface area (Å²) < 4.78 is 0. The van der Waals surface area contributed by atoms with E-state index in [4.69, 9.17) is 0 Å². The Morgan fingerprint density at radius 3 is 1.25 bits per heavy atom. The molecule has 12 heavy (non-hydrogen) atoms. The van der Waals surface area contributed by atoms with Crippen molar-refractivity contribution < 1.29 is 52.2 Å². The van der Waals surface area contributed by atoms with E-state index in [-0.39, 0.29) is 59.6 Å². The summed E-state index contributed by atoms with van der Waals surface area (Å²) in [6, 6.07) is 0. The first-order valence-corrected chi connectivity index (χ1v) is 3.56. The molecule has 0 unspecified atom stereocenters. The molecule has 0 atom stereocenters. The number of hydrogen-bond donors (Lipinski definition) is 0. The van der Waals surface area contributed by atoms with E-state index in [2.05, 4.69) is 41.5 Å². The number of hydrogen-bond acceptors (Lipinski definition) is 0. The first-order chi connectivity index (χ1) is 4.00. The van der Waals surface area contributed by atoms with Crippen molar-refractivity contribution in [2.24, 2.45) is 5.92 Å². The molecule has 0 aliphatic carbocycles. The molecule has 74 valence electrons. The van der Waals surface area contributed by atoms with Gasteiger partial charge in [0.25, 0.3) is 0 Å². The maximum absolute atomic E-state index is 3.69. The third-order valence-electron chi connectivity index (χ3n) is 0.577. The summed E-state index contributed by atoms with van der Waals surface area (Å²) in [5.74, 6) is 2.19. The average molecular weight is 565 g/mol. The summed E-state index contributed by atoms with van der Waals surface area (Å²) in [5.41, 5.74) is 0. The molecule has 0 fully saturated rings. The normalized spacial score (nSPS) is 7.00. The summed E-state index contributed by atoms with van der Waals surface area (Å²) in [7, 11) is 0. The Labute approximate surface area is 118 Å². The third-order valence-corrected chi connectivity index (χ3v) is 0.577. The second kappa shape index (κ2) is 23.0. The summed E-state index contributed by atoms with van der Waals surface area (Å²) in [5, 5.41) is 0. The van der Waals surface area contributed by atoms with Crippen LogP contribution in [0.25, 0.3) is 0 Å². The average Bonchev–Trinajstić information content (AvgIpc) is 1.65. The zero-order chi connectivity index (χ0) is 7.86. The van der Waals surface area contributed by atoms with Crippen LogP contribution in [-0.2, 0) is 21.1 Å². The van der Waals surface area contributed by atoms with Gasteiger partial charge in [0.2, 0.25) is 0 Å². The van der Waals surface area contributed by atoms with Crippen molar-refractivity contribution in [1.29, 1.82) is 0 Å². The van der Waals surface area contributed by atoms with E-state index in [1.807, 2.05) is 0 Å². The van der Waals surface area contributed by atoms with E-state index >= 15 is 0 Å². The predicted molar refractivity (Wildman–Crippen MR) is 51.5 cm³/mol. The van der Waals surface area contributed by atoms with Crippen LogP contribution < -0.4 is 0 Å². The van der Waals surface area contributed by atoms with Crippen LogP contribution in [0.1, 0.15) is 41.0 Å². The molecular formula is C10H23UW-. The van der Waals surface area contributed by atoms with Gasteiger partial charge in [-0.3, -0.25) is 0 Å². The Morgan fingerprint density at radius 2 is 1.25 bits per heavy atom. The maximum Gasteiger partial charge on any atom is 2.00 e. The van der Waals surface area contributed by atoms with Gasteiger partial charge in [-0.15, -0.1) is 0 Å². The standard InChI is InChI=1S/C5H11.C4H9.CH3.U.W/c1-4-5(2)3;1-4(2)3;;;/h5H,1,4H2,2-3H3;1-3H3;1H3;;/q3*-1;+2;. The van der Waals surface area contributed by atoms with Gasteiger partial charge in [0.05, 0.1) is 0 Å². The zero-order valence-corrected chi connectivity index (χ0v) is 16.5. The molecule has 0 saturated carbocycles. The minimum atomic E-state index is 0. The van der Waals surface area contributed by atoms with E-state index in [9.17, 15) is 0 Å². The fraction of sp³-hybridized carbons (Fsp3) is 0.700. The Balaban J connectivity index is -0.0000000221. The third kappa shape index (κ3) is 96.8. The van der Waals surface area contributed by atoms with Gasteiger partial charge < -0.3 is 20.3 Å². The smallest absolute Gasteiger partial charge is 0.358 e. The van der Waals surface area contributed by atoms with Crippen molar-refractivity contribution >= 4 is 0 Å². The van der Waals surface area contributed by atoms with Gasteiger partial charge in [0.15, 0.2) is 0 Å². The fourth-order valence-electron chi connectivity index (χ4n) is 0. The molecule has 0 spiro atoms. The van der Waals surface area contributed by atoms with Gasteiger partial charge in [0, 0.05) is 21.1 Å². The molecule has 0 amide bonds. The van der Waals surface area contributed by atoms with Gasteiger partial charge in [-0.25, -0.2) is 0 Å². The van der Waals surface area contributed by atoms with Crippen molar-refractivity contribution in [2.75, 3.05) is 0 Å². The molecule has 0 nitrogen and oxygen atoms in total. The molecule has 0 aliphatic heterocycles. The molecule has 0 aromatic carbocycles. The van der Waals surface area contributed by atoms with Crippen LogP contribution in [0.4, 0.5) is 0 Å². The Kier molecular flexibility index (Phi) is 55.9. The molecule has 0 aromatic heterocycles. The molecule has 0 N–H and O–H groups in total. The van der Waals surface area contributed by atoms with Gasteiger partial charge in [0.1, 0.15) is 0 Å². The molecule has 0 rings (SSSR count). The van der Waals surface area contributed by atoms with Crippen molar-refractivity contribution in [2.45, 2.75) is 41.0 Å². The second-order valence-corrected chi connectivity index (χ2v) is 3.18. The second-order valence-electron chi connectivity index (χ2n) is 3.18. The van der Waals surface area contributed by atoms with Crippen LogP contribution in [0.2, 0.25) is 0 Å². The zero-order valence-electron chi connectivity index (χ0n) is 9.40. The molecule has 0 saturated heterocycles. The first kappa shape index (κ1) is 29.2. The molecule has 0 radical (unpaired) electrons. The maximum atomic E-state index is 3.69. The van der Waals surface area contributed by atoms with Crippen LogP contribution in [0.5, 0.6) is 0 Å². The van der Waals surface area contributed by atoms with Gasteiger partial charge >= 0.3 is 31.1 Å². The summed E-state index contributed by atoms with van der Waals surface area (Å²) >= 11 is 0. The predicted octanol–water partition coefficient (Wildman–Crippen LogP) is 3.93. The minimum Gasteiger partial charge on any atom is -0.358 e. The molecule has 0 aromatic rings. The molecule has 0 bridgehead atoms. The van der Waals surface area contributed by atoms with E-state index in [1.165, 1.54) is 5.92 Å². The van der Waals surface area contributed by atoms with Crippen LogP contribution in [-0.4, -0.2) is 0 Å². The largest absolute Gasteiger partial charge is 2.00 e. The van der Waals surface area contributed by atoms with Crippen LogP contribution in [0, 0.1) is 57.3 Å². The Hall–Kier alpha value is 1.74. The summed E-state index contributed by atoms with van der Waals surface area (Å²) in [6.07, 6.45) is 1.06. The van der Waals surface area contributed by atoms with Crippen molar-refractivity contribution in [3.63, 3.8) is 0 Å². The van der Waals surface area contributed by atoms with Crippen LogP contribution in [0.3, 0.4) is 0 Å². The van der Waals surface area contributed by atoms with Gasteiger partial charge in [-0.1, -0.05) is 19.8 Å². The Bertz CT molecular complexity index is 42.3. The number of rotatable bonds is 1. The van der Waals surface area contributed by atoms with Crippen molar-refractivity contribution in [3.05, 3.63) is 20.3 Å². The van der Waals surface area contributed by atoms with Crippen molar-refractivity contribution in [1.82, 2.24) is 0 Å². The monoisotopic (exact) mass is 565 g/mol. The van der Waals surface area contributed by atoms with E-state index in [0.29, 0.717) is 0 Å². The SMILES string of the molecule is C[C-](C)C.[CH2-]CC(C)C.[CH3-].[U+2].[W]. The summed E-state index contributed by atoms with van der Waals surface area (Å²) in [4.78, 5) is 0.